The van der Waals surface area contributed by atoms with E-state index >= 15 is 0 Å². The summed E-state index contributed by atoms with van der Waals surface area (Å²) in [6.07, 6.45) is 1.07. The first-order valence-electron chi connectivity index (χ1n) is 7.74. The van der Waals surface area contributed by atoms with Crippen LogP contribution in [-0.4, -0.2) is 20.1 Å². The predicted octanol–water partition coefficient (Wildman–Crippen LogP) is 2.01. The van der Waals surface area contributed by atoms with Crippen LogP contribution in [0.4, 0.5) is 0 Å². The molecule has 5 nitrogen and oxygen atoms in total. The maximum atomic E-state index is 10.4. The van der Waals surface area contributed by atoms with Gasteiger partial charge in [-0.2, -0.15) is 0 Å². The lowest BCUT2D eigenvalue weighted by Crippen LogP contribution is -2.02. The standard InChI is InChI=1S/C18H18N4O/c23-18(14-4-2-1-3-5-14)17-12-22(21-20-17)11-13-6-7-15-9-19-10-16(15)8-13/h1-8,12,18-19,23H,9-11H2/t18-/m1/s1. The Balaban J connectivity index is 1.52. The van der Waals surface area contributed by atoms with Crippen molar-refractivity contribution in [3.05, 3.63) is 82.7 Å². The highest BCUT2D eigenvalue weighted by Crippen LogP contribution is 2.20. The Kier molecular flexibility index (Phi) is 3.65. The highest BCUT2D eigenvalue weighted by atomic mass is 16.3. The second-order valence-corrected chi connectivity index (χ2v) is 5.86. The Morgan fingerprint density at radius 3 is 2.78 bits per heavy atom. The van der Waals surface area contributed by atoms with Gasteiger partial charge < -0.3 is 10.4 Å². The molecule has 0 aliphatic carbocycles. The molecular formula is C18H18N4O. The van der Waals surface area contributed by atoms with E-state index in [1.165, 1.54) is 16.7 Å². The Hall–Kier alpha value is -2.50. The molecule has 3 aromatic rings. The van der Waals surface area contributed by atoms with Crippen molar-refractivity contribution < 1.29 is 5.11 Å². The van der Waals surface area contributed by atoms with E-state index in [2.05, 4.69) is 33.8 Å². The Morgan fingerprint density at radius 1 is 1.09 bits per heavy atom. The first-order chi connectivity index (χ1) is 11.3. The molecule has 1 aliphatic heterocycles. The zero-order valence-electron chi connectivity index (χ0n) is 12.7. The molecule has 4 rings (SSSR count). The minimum Gasteiger partial charge on any atom is -0.382 e. The van der Waals surface area contributed by atoms with Gasteiger partial charge in [0.1, 0.15) is 11.8 Å². The van der Waals surface area contributed by atoms with Crippen LogP contribution in [-0.2, 0) is 19.6 Å². The smallest absolute Gasteiger partial charge is 0.124 e. The first kappa shape index (κ1) is 14.1. The molecule has 116 valence electrons. The minimum atomic E-state index is -0.742. The molecule has 0 radical (unpaired) electrons. The molecule has 0 bridgehead atoms. The van der Waals surface area contributed by atoms with Gasteiger partial charge in [-0.25, -0.2) is 4.68 Å². The van der Waals surface area contributed by atoms with E-state index < -0.39 is 6.10 Å². The summed E-state index contributed by atoms with van der Waals surface area (Å²) >= 11 is 0. The lowest BCUT2D eigenvalue weighted by atomic mass is 10.1. The van der Waals surface area contributed by atoms with Gasteiger partial charge in [-0.05, 0) is 22.3 Å². The number of nitrogens with one attached hydrogen (secondary N) is 1. The number of aromatic nitrogens is 3. The van der Waals surface area contributed by atoms with Gasteiger partial charge in [0.25, 0.3) is 0 Å². The predicted molar refractivity (Wildman–Crippen MR) is 86.6 cm³/mol. The molecule has 0 fully saturated rings. The second-order valence-electron chi connectivity index (χ2n) is 5.86. The van der Waals surface area contributed by atoms with Crippen LogP contribution >= 0.6 is 0 Å². The molecule has 1 atom stereocenters. The van der Waals surface area contributed by atoms with Gasteiger partial charge in [0.2, 0.25) is 0 Å². The molecular weight excluding hydrogens is 288 g/mol. The highest BCUT2D eigenvalue weighted by Gasteiger charge is 2.15. The lowest BCUT2D eigenvalue weighted by molar-refractivity contribution is 0.215. The summed E-state index contributed by atoms with van der Waals surface area (Å²) in [5.74, 6) is 0. The minimum absolute atomic E-state index is 0.569. The average Bonchev–Trinajstić information content (AvgIpc) is 3.24. The van der Waals surface area contributed by atoms with Gasteiger partial charge in [0.05, 0.1) is 12.7 Å². The Morgan fingerprint density at radius 2 is 1.91 bits per heavy atom. The molecule has 0 saturated carbocycles. The molecule has 2 N–H and O–H groups in total. The fourth-order valence-corrected chi connectivity index (χ4v) is 2.96. The van der Waals surface area contributed by atoms with Crippen molar-refractivity contribution in [2.24, 2.45) is 0 Å². The fraction of sp³-hybridized carbons (Fsp3) is 0.222. The van der Waals surface area contributed by atoms with E-state index in [0.717, 1.165) is 18.7 Å². The van der Waals surface area contributed by atoms with Gasteiger partial charge in [0.15, 0.2) is 0 Å². The number of rotatable bonds is 4. The number of hydrogen-bond donors (Lipinski definition) is 2. The van der Waals surface area contributed by atoms with Gasteiger partial charge in [-0.3, -0.25) is 0 Å². The zero-order chi connectivity index (χ0) is 15.6. The topological polar surface area (TPSA) is 63.0 Å². The Bertz CT molecular complexity index is 813. The van der Waals surface area contributed by atoms with E-state index in [9.17, 15) is 5.11 Å². The summed E-state index contributed by atoms with van der Waals surface area (Å²) in [7, 11) is 0. The van der Waals surface area contributed by atoms with E-state index in [-0.39, 0.29) is 0 Å². The van der Waals surface area contributed by atoms with E-state index in [1.54, 1.807) is 4.68 Å². The van der Waals surface area contributed by atoms with Crippen molar-refractivity contribution in [2.75, 3.05) is 0 Å². The van der Waals surface area contributed by atoms with E-state index in [4.69, 9.17) is 0 Å². The van der Waals surface area contributed by atoms with E-state index in [0.29, 0.717) is 12.2 Å². The van der Waals surface area contributed by atoms with Crippen LogP contribution in [0.25, 0.3) is 0 Å². The lowest BCUT2D eigenvalue weighted by Gasteiger charge is -2.06. The number of aliphatic hydroxyl groups excluding tert-OH is 1. The summed E-state index contributed by atoms with van der Waals surface area (Å²) in [5.41, 5.74) is 5.31. The van der Waals surface area contributed by atoms with Crippen molar-refractivity contribution in [2.45, 2.75) is 25.7 Å². The van der Waals surface area contributed by atoms with Crippen LogP contribution in [0, 0.1) is 0 Å². The van der Waals surface area contributed by atoms with Gasteiger partial charge in [0, 0.05) is 13.1 Å². The molecule has 5 heteroatoms. The third-order valence-electron chi connectivity index (χ3n) is 4.20. The fourth-order valence-electron chi connectivity index (χ4n) is 2.96. The second kappa shape index (κ2) is 5.95. The van der Waals surface area contributed by atoms with Crippen molar-refractivity contribution >= 4 is 0 Å². The summed E-state index contributed by atoms with van der Waals surface area (Å²) in [6.45, 7) is 2.53. The van der Waals surface area contributed by atoms with Crippen LogP contribution in [0.1, 0.15) is 34.1 Å². The quantitative estimate of drug-likeness (QED) is 0.774. The molecule has 0 saturated heterocycles. The molecule has 1 aliphatic rings. The average molecular weight is 306 g/mol. The summed E-state index contributed by atoms with van der Waals surface area (Å²) in [5, 5.41) is 22.0. The molecule has 2 aromatic carbocycles. The zero-order valence-corrected chi connectivity index (χ0v) is 12.7. The van der Waals surface area contributed by atoms with Crippen molar-refractivity contribution in [3.8, 4) is 0 Å². The van der Waals surface area contributed by atoms with Crippen molar-refractivity contribution in [1.82, 2.24) is 20.3 Å². The maximum Gasteiger partial charge on any atom is 0.124 e. The number of hydrogen-bond acceptors (Lipinski definition) is 4. The van der Waals surface area contributed by atoms with Gasteiger partial charge in [-0.15, -0.1) is 5.10 Å². The monoisotopic (exact) mass is 306 g/mol. The Labute approximate surface area is 134 Å². The molecule has 0 amide bonds. The molecule has 0 spiro atoms. The normalized spacial score (nSPS) is 14.7. The molecule has 1 aromatic heterocycles. The summed E-state index contributed by atoms with van der Waals surface area (Å²) in [4.78, 5) is 0. The van der Waals surface area contributed by atoms with Crippen molar-refractivity contribution in [3.63, 3.8) is 0 Å². The van der Waals surface area contributed by atoms with Crippen LogP contribution < -0.4 is 5.32 Å². The first-order valence-corrected chi connectivity index (χ1v) is 7.74. The number of aliphatic hydroxyl groups is 1. The molecule has 0 unspecified atom stereocenters. The SMILES string of the molecule is O[C@H](c1ccccc1)c1cn(Cc2ccc3c(c2)CNC3)nn1. The maximum absolute atomic E-state index is 10.4. The third kappa shape index (κ3) is 2.88. The number of fused-ring (bicyclic) bond motifs is 1. The van der Waals surface area contributed by atoms with Crippen LogP contribution in [0.3, 0.4) is 0 Å². The summed E-state index contributed by atoms with van der Waals surface area (Å²) in [6, 6.07) is 16.0. The number of benzene rings is 2. The van der Waals surface area contributed by atoms with E-state index in [1.807, 2.05) is 36.5 Å². The van der Waals surface area contributed by atoms with Crippen LogP contribution in [0.2, 0.25) is 0 Å². The molecule has 2 heterocycles. The third-order valence-corrected chi connectivity index (χ3v) is 4.20. The molecule has 23 heavy (non-hydrogen) atoms. The van der Waals surface area contributed by atoms with Crippen LogP contribution in [0.5, 0.6) is 0 Å². The largest absolute Gasteiger partial charge is 0.382 e. The summed E-state index contributed by atoms with van der Waals surface area (Å²) < 4.78 is 1.77. The van der Waals surface area contributed by atoms with Crippen LogP contribution in [0.15, 0.2) is 54.7 Å². The highest BCUT2D eigenvalue weighted by molar-refractivity contribution is 5.34. The number of nitrogens with zero attached hydrogens (tertiary/aromatic N) is 3. The van der Waals surface area contributed by atoms with Crippen molar-refractivity contribution in [1.29, 1.82) is 0 Å². The van der Waals surface area contributed by atoms with Gasteiger partial charge >= 0.3 is 0 Å². The van der Waals surface area contributed by atoms with Gasteiger partial charge in [-0.1, -0.05) is 53.7 Å².